The van der Waals surface area contributed by atoms with Gasteiger partial charge in [-0.3, -0.25) is 0 Å². The zero-order valence-electron chi connectivity index (χ0n) is 8.92. The molecule has 1 atom stereocenters. The van der Waals surface area contributed by atoms with Crippen LogP contribution in [0.1, 0.15) is 26.2 Å². The average Bonchev–Trinajstić information content (AvgIpc) is 2.16. The Hall–Kier alpha value is -0.120. The first-order chi connectivity index (χ1) is 6.22. The van der Waals surface area contributed by atoms with Gasteiger partial charge in [0.1, 0.15) is 0 Å². The maximum absolute atomic E-state index is 5.84. The Morgan fingerprint density at radius 2 is 2.08 bits per heavy atom. The molecule has 78 valence electrons. The average molecular weight is 185 g/mol. The second kappa shape index (κ2) is 5.58. The van der Waals surface area contributed by atoms with Gasteiger partial charge in [-0.2, -0.15) is 0 Å². The predicted molar refractivity (Wildman–Crippen MR) is 56.8 cm³/mol. The molecule has 1 rings (SSSR count). The lowest BCUT2D eigenvalue weighted by Crippen LogP contribution is -2.44. The summed E-state index contributed by atoms with van der Waals surface area (Å²) in [6.45, 7) is 5.56. The van der Waals surface area contributed by atoms with Crippen LogP contribution >= 0.6 is 0 Å². The molecule has 1 aliphatic heterocycles. The highest BCUT2D eigenvalue weighted by Crippen LogP contribution is 2.07. The lowest BCUT2D eigenvalue weighted by molar-refractivity contribution is 0.233. The van der Waals surface area contributed by atoms with E-state index in [0.717, 1.165) is 13.0 Å². The minimum Gasteiger partial charge on any atom is -0.327 e. The molecule has 0 aromatic rings. The molecule has 0 aromatic carbocycles. The van der Waals surface area contributed by atoms with E-state index in [9.17, 15) is 0 Å². The molecule has 1 aliphatic rings. The van der Waals surface area contributed by atoms with Crippen molar-refractivity contribution in [3.05, 3.63) is 0 Å². The summed E-state index contributed by atoms with van der Waals surface area (Å²) >= 11 is 0. The van der Waals surface area contributed by atoms with E-state index in [0.29, 0.717) is 12.1 Å². The normalized spacial score (nSPS) is 23.3. The number of hydrogen-bond donors (Lipinski definition) is 2. The molecule has 0 aliphatic carbocycles. The molecule has 0 radical (unpaired) electrons. The summed E-state index contributed by atoms with van der Waals surface area (Å²) < 4.78 is 0. The molecule has 0 saturated carbocycles. The second-order valence-corrected chi connectivity index (χ2v) is 4.15. The number of hydrogen-bond acceptors (Lipinski definition) is 3. The van der Waals surface area contributed by atoms with Crippen LogP contribution in [0.2, 0.25) is 0 Å². The molecule has 3 N–H and O–H groups in total. The van der Waals surface area contributed by atoms with Gasteiger partial charge in [0.25, 0.3) is 0 Å². The third kappa shape index (κ3) is 4.07. The van der Waals surface area contributed by atoms with Crippen LogP contribution < -0.4 is 11.1 Å². The molecule has 13 heavy (non-hydrogen) atoms. The molecule has 0 spiro atoms. The van der Waals surface area contributed by atoms with Gasteiger partial charge in [0, 0.05) is 18.6 Å². The van der Waals surface area contributed by atoms with Gasteiger partial charge < -0.3 is 16.0 Å². The Morgan fingerprint density at radius 1 is 1.46 bits per heavy atom. The molecule has 3 heteroatoms. The minimum absolute atomic E-state index is 0.333. The molecule has 1 saturated heterocycles. The number of piperidine rings is 1. The van der Waals surface area contributed by atoms with Crippen LogP contribution in [0.15, 0.2) is 0 Å². The van der Waals surface area contributed by atoms with E-state index in [4.69, 9.17) is 5.73 Å². The Morgan fingerprint density at radius 3 is 2.62 bits per heavy atom. The van der Waals surface area contributed by atoms with Gasteiger partial charge in [-0.1, -0.05) is 6.92 Å². The van der Waals surface area contributed by atoms with Crippen molar-refractivity contribution in [2.75, 3.05) is 26.7 Å². The molecular formula is C10H23N3. The van der Waals surface area contributed by atoms with Crippen LogP contribution in [0, 0.1) is 0 Å². The van der Waals surface area contributed by atoms with Gasteiger partial charge in [-0.15, -0.1) is 0 Å². The van der Waals surface area contributed by atoms with Crippen LogP contribution in [-0.4, -0.2) is 43.7 Å². The lowest BCUT2D eigenvalue weighted by Gasteiger charge is -2.30. The van der Waals surface area contributed by atoms with E-state index in [2.05, 4.69) is 24.2 Å². The highest BCUT2D eigenvalue weighted by molar-refractivity contribution is 4.77. The van der Waals surface area contributed by atoms with E-state index >= 15 is 0 Å². The van der Waals surface area contributed by atoms with Crippen LogP contribution in [0.5, 0.6) is 0 Å². The van der Waals surface area contributed by atoms with Crippen LogP contribution in [0.4, 0.5) is 0 Å². The van der Waals surface area contributed by atoms with E-state index in [-0.39, 0.29) is 0 Å². The third-order valence-electron chi connectivity index (χ3n) is 2.91. The van der Waals surface area contributed by atoms with Crippen molar-refractivity contribution in [3.63, 3.8) is 0 Å². The Labute approximate surface area is 81.7 Å². The van der Waals surface area contributed by atoms with Crippen molar-refractivity contribution < 1.29 is 0 Å². The van der Waals surface area contributed by atoms with Crippen molar-refractivity contribution in [2.45, 2.75) is 38.3 Å². The summed E-state index contributed by atoms with van der Waals surface area (Å²) in [4.78, 5) is 2.39. The van der Waals surface area contributed by atoms with Crippen molar-refractivity contribution in [1.82, 2.24) is 10.2 Å². The van der Waals surface area contributed by atoms with Crippen molar-refractivity contribution in [1.29, 1.82) is 0 Å². The van der Waals surface area contributed by atoms with Gasteiger partial charge in [0.2, 0.25) is 0 Å². The Balaban J connectivity index is 2.08. The fourth-order valence-electron chi connectivity index (χ4n) is 1.68. The van der Waals surface area contributed by atoms with Crippen LogP contribution in [0.25, 0.3) is 0 Å². The van der Waals surface area contributed by atoms with Gasteiger partial charge in [0.15, 0.2) is 0 Å². The molecule has 1 heterocycles. The first-order valence-electron chi connectivity index (χ1n) is 5.40. The van der Waals surface area contributed by atoms with Gasteiger partial charge in [-0.05, 0) is 39.4 Å². The first kappa shape index (κ1) is 11.0. The van der Waals surface area contributed by atoms with Gasteiger partial charge >= 0.3 is 0 Å². The number of nitrogens with one attached hydrogen (secondary N) is 1. The van der Waals surface area contributed by atoms with Crippen LogP contribution in [-0.2, 0) is 0 Å². The fraction of sp³-hybridized carbons (Fsp3) is 1.00. The minimum atomic E-state index is 0.333. The molecule has 0 aromatic heterocycles. The standard InChI is InChI=1S/C10H23N3/c1-3-9(11)8-12-10-4-6-13(2)7-5-10/h9-10,12H,3-8,11H2,1-2H3. The smallest absolute Gasteiger partial charge is 0.0162 e. The van der Waals surface area contributed by atoms with E-state index in [1.807, 2.05) is 0 Å². The van der Waals surface area contributed by atoms with Crippen molar-refractivity contribution >= 4 is 0 Å². The molecule has 0 bridgehead atoms. The maximum Gasteiger partial charge on any atom is 0.0162 e. The van der Waals surface area contributed by atoms with E-state index < -0.39 is 0 Å². The summed E-state index contributed by atoms with van der Waals surface area (Å²) in [7, 11) is 2.19. The first-order valence-corrected chi connectivity index (χ1v) is 5.40. The van der Waals surface area contributed by atoms with Crippen LogP contribution in [0.3, 0.4) is 0 Å². The zero-order valence-corrected chi connectivity index (χ0v) is 8.92. The second-order valence-electron chi connectivity index (χ2n) is 4.15. The molecule has 1 fully saturated rings. The highest BCUT2D eigenvalue weighted by Gasteiger charge is 2.16. The lowest BCUT2D eigenvalue weighted by atomic mass is 10.1. The SMILES string of the molecule is CCC(N)CNC1CCN(C)CC1. The quantitative estimate of drug-likeness (QED) is 0.666. The highest BCUT2D eigenvalue weighted by atomic mass is 15.1. The number of nitrogens with two attached hydrogens (primary N) is 1. The number of nitrogens with zero attached hydrogens (tertiary/aromatic N) is 1. The number of likely N-dealkylation sites (tertiary alicyclic amines) is 1. The number of rotatable bonds is 4. The Bertz CT molecular complexity index is 130. The molecule has 0 amide bonds. The van der Waals surface area contributed by atoms with E-state index in [1.165, 1.54) is 25.9 Å². The van der Waals surface area contributed by atoms with Crippen molar-refractivity contribution in [3.8, 4) is 0 Å². The molecule has 3 nitrogen and oxygen atoms in total. The van der Waals surface area contributed by atoms with Gasteiger partial charge in [0.05, 0.1) is 0 Å². The van der Waals surface area contributed by atoms with E-state index in [1.54, 1.807) is 0 Å². The summed E-state index contributed by atoms with van der Waals surface area (Å²) in [6, 6.07) is 1.04. The fourth-order valence-corrected chi connectivity index (χ4v) is 1.68. The third-order valence-corrected chi connectivity index (χ3v) is 2.91. The molecule has 1 unspecified atom stereocenters. The van der Waals surface area contributed by atoms with Gasteiger partial charge in [-0.25, -0.2) is 0 Å². The topological polar surface area (TPSA) is 41.3 Å². The van der Waals surface area contributed by atoms with Crippen molar-refractivity contribution in [2.24, 2.45) is 5.73 Å². The summed E-state index contributed by atoms with van der Waals surface area (Å²) in [5.41, 5.74) is 5.84. The summed E-state index contributed by atoms with van der Waals surface area (Å²) in [5.74, 6) is 0. The largest absolute Gasteiger partial charge is 0.327 e. The predicted octanol–water partition coefficient (Wildman–Crippen LogP) is 0.408. The molecular weight excluding hydrogens is 162 g/mol. The monoisotopic (exact) mass is 185 g/mol. The zero-order chi connectivity index (χ0) is 9.68. The Kier molecular flexibility index (Phi) is 4.70. The summed E-state index contributed by atoms with van der Waals surface area (Å²) in [5, 5.41) is 3.54. The maximum atomic E-state index is 5.84. The summed E-state index contributed by atoms with van der Waals surface area (Å²) in [6.07, 6.45) is 3.61.